The van der Waals surface area contributed by atoms with Crippen LogP contribution in [0.1, 0.15) is 192 Å². The van der Waals surface area contributed by atoms with Crippen LogP contribution in [-0.2, 0) is 62.6 Å². The molecule has 2 unspecified atom stereocenters. The number of aryl methyl sites for hydroxylation is 4. The number of aromatic nitrogens is 1. The molecular formula is C108H103BrCl3N13O20S4. The van der Waals surface area contributed by atoms with Crippen LogP contribution in [0.15, 0.2) is 293 Å². The number of hydrogen-bond acceptors (Lipinski definition) is 30. The number of hydrazone groups is 1. The monoisotopic (exact) mass is 2210 g/mol. The number of aromatic hydroxyl groups is 2. The lowest BCUT2D eigenvalue weighted by Crippen LogP contribution is -2.55. The SMILES string of the molecule is CCOC(=O)C1=C(N)OC2=C(C(=O)CCC2)C1c1sccc1C.CCOc1ccccc1C(=O)Nc1sc2c(c1C(=O)OC(C)C)CCCC2.Cc1ccc(C=Nc2cc([N+](=O)[O-])ccc2O)cc1.N#CC1=C(N)OC2=C(C(=O)CCC2)C1c1c(Cl)cccc1Cl.NS(=O)(=O)c1ccc(N=Cc2cc(Br)ccc2O)cc1.O=C(N/N=C/c1cccs1)c1ccncc1.O=[NH+]c1ccc(C(=O)N2CCCc3ccccc32)c(Cl)c1.[OH-]. The molecule has 2 atom stereocenters. The Balaban J connectivity index is 0.000000166. The van der Waals surface area contributed by atoms with E-state index in [4.69, 9.17) is 75.1 Å². The van der Waals surface area contributed by atoms with Crippen LogP contribution in [0.2, 0.25) is 15.1 Å². The molecule has 0 spiro atoms. The lowest BCUT2D eigenvalue weighted by molar-refractivity contribution is -0.384. The lowest BCUT2D eigenvalue weighted by atomic mass is 9.77. The Morgan fingerprint density at radius 1 is 0.698 bits per heavy atom. The second kappa shape index (κ2) is 54.6. The van der Waals surface area contributed by atoms with Crippen molar-refractivity contribution in [3.05, 3.63) is 379 Å². The number of halogens is 4. The Bertz CT molecular complexity index is 7330. The molecule has 3 aliphatic carbocycles. The number of nitriles is 1. The first kappa shape index (κ1) is 114. The van der Waals surface area contributed by atoms with Crippen molar-refractivity contribution < 1.29 is 91.5 Å². The molecule has 0 radical (unpaired) electrons. The average Bonchev–Trinajstić information content (AvgIpc) is 1.26. The fraction of sp³-hybridized carbons (Fsp3) is 0.222. The highest BCUT2D eigenvalue weighted by molar-refractivity contribution is 9.10. The normalized spacial score (nSPS) is 14.8. The number of primary sulfonamides is 1. The third kappa shape index (κ3) is 30.4. The zero-order chi connectivity index (χ0) is 106. The number of phenols is 2. The number of carbonyl (C=O) groups excluding carboxylic acids is 7. The number of phenolic OH excluding ortho intramolecular Hbond substituents is 2. The standard InChI is InChI=1S/C21H25NO4S.C17H19NO4S.C16H12Cl2N2O2.C16H13ClN2O2.C14H12N2O3.C13H11BrN2O3S.C11H9N3OS.H2O/c1-4-25-16-11-7-5-9-14(16)19(23)22-20-18(21(24)26-13(2)3)15-10-6-8-12-17(15)27-20;1-3-21-17(20)14-13(15-9(2)7-8-23-15)12-10(19)5-4-6-11(12)22-16(14)18;17-9-3-1-4-10(18)14(9)13-8(7-19)16(20)22-12-6-2-5-11(21)15(12)13;17-14-10-12(18-21)7-8-13(14)16(20)19-9-3-5-11-4-1-2-6-15(11)19;1-10-2-4-11(5-3-10)9-15-13-8-12(16(18)19)6-7-14(13)17;14-10-1-6-13(17)9(7-10)8-16-11-2-4-12(5-3-11)20(15,18)19;15-11(9-3-5-12-6-4-9)14-13-8-10-2-1-7-16-10;/h5,7,9,11,13H,4,6,8,10,12H2,1-3H3,(H,22,23);7-8,13H,3-6,18H2,1-2H3;1,3-4,13H,2,5-6,20H2;1-2,4,6-8,10H,3,5,9H2;2-9,17H,1H3;1-8,17H,(H2,15,18,19);1-8H,(H,14,15);1H2/b;;;;;;13-8+;. The van der Waals surface area contributed by atoms with E-state index in [9.17, 15) is 72.5 Å². The fourth-order valence-corrected chi connectivity index (χ4v) is 20.7. The van der Waals surface area contributed by atoms with Gasteiger partial charge >= 0.3 is 11.9 Å². The number of sulfonamides is 1. The molecular weight excluding hydrogens is 2110 g/mol. The third-order valence-electron chi connectivity index (χ3n) is 23.0. The quantitative estimate of drug-likeness (QED) is 0.0143. The van der Waals surface area contributed by atoms with Gasteiger partial charge in [0.15, 0.2) is 11.6 Å². The van der Waals surface area contributed by atoms with Gasteiger partial charge < -0.3 is 61.1 Å². The van der Waals surface area contributed by atoms with Crippen LogP contribution >= 0.6 is 84.7 Å². The number of nitrogens with two attached hydrogens (primary N) is 3. The number of anilines is 2. The van der Waals surface area contributed by atoms with E-state index in [-0.39, 0.29) is 109 Å². The molecule has 33 nitrogen and oxygen atoms in total. The van der Waals surface area contributed by atoms with Crippen LogP contribution in [-0.4, -0.2) is 120 Å². The topological polar surface area (TPSA) is 524 Å². The van der Waals surface area contributed by atoms with Crippen molar-refractivity contribution in [2.75, 3.05) is 30.0 Å². The summed E-state index contributed by atoms with van der Waals surface area (Å²) in [4.78, 5) is 125. The van der Waals surface area contributed by atoms with Gasteiger partial charge in [0.1, 0.15) is 56.7 Å². The number of esters is 2. The summed E-state index contributed by atoms with van der Waals surface area (Å²) in [5, 5.41) is 58.5. The molecule has 8 aromatic carbocycles. The predicted octanol–water partition coefficient (Wildman–Crippen LogP) is 21.6. The number of para-hydroxylation sites is 2. The molecule has 12 N–H and O–H groups in total. The highest BCUT2D eigenvalue weighted by Crippen LogP contribution is 2.50. The molecule has 41 heteroatoms. The second-order valence-corrected chi connectivity index (χ2v) is 40.3. The van der Waals surface area contributed by atoms with Gasteiger partial charge in [-0.1, -0.05) is 123 Å². The van der Waals surface area contributed by atoms with Crippen molar-refractivity contribution in [2.45, 2.75) is 141 Å². The van der Waals surface area contributed by atoms with Gasteiger partial charge in [0.2, 0.25) is 21.8 Å². The number of rotatable bonds is 21. The number of nitrogens with zero attached hydrogens (tertiary/aromatic N) is 7. The van der Waals surface area contributed by atoms with Gasteiger partial charge in [0.05, 0.1) is 74.6 Å². The van der Waals surface area contributed by atoms with Crippen LogP contribution in [0.25, 0.3) is 0 Å². The summed E-state index contributed by atoms with van der Waals surface area (Å²) in [6.45, 7) is 12.6. The molecule has 3 amide bonds. The Morgan fingerprint density at radius 3 is 2.01 bits per heavy atom. The van der Waals surface area contributed by atoms with Gasteiger partial charge in [0.25, 0.3) is 29.1 Å². The summed E-state index contributed by atoms with van der Waals surface area (Å²) in [6, 6.07) is 58.0. The van der Waals surface area contributed by atoms with Crippen molar-refractivity contribution in [3.8, 4) is 23.3 Å². The number of pyridine rings is 1. The largest absolute Gasteiger partial charge is 0.870 e. The second-order valence-electron chi connectivity index (χ2n) is 33.6. The Hall–Kier alpha value is -15.0. The number of benzene rings is 8. The maximum Gasteiger partial charge on any atom is 0.341 e. The van der Waals surface area contributed by atoms with E-state index >= 15 is 0 Å². The van der Waals surface area contributed by atoms with Crippen LogP contribution in [0, 0.1) is 40.2 Å². The molecule has 0 saturated carbocycles. The van der Waals surface area contributed by atoms with E-state index < -0.39 is 32.8 Å². The van der Waals surface area contributed by atoms with Gasteiger partial charge in [0, 0.05) is 154 Å². The van der Waals surface area contributed by atoms with Crippen molar-refractivity contribution in [1.29, 1.82) is 5.26 Å². The van der Waals surface area contributed by atoms with Gasteiger partial charge in [-0.3, -0.25) is 49.1 Å². The number of nitro benzene ring substituents is 1. The average molecular weight is 2220 g/mol. The molecule has 7 heterocycles. The molecule has 18 rings (SSSR count). The van der Waals surface area contributed by atoms with Gasteiger partial charge in [-0.25, -0.2) is 28.6 Å². The van der Waals surface area contributed by atoms with Crippen molar-refractivity contribution in [1.82, 2.24) is 10.4 Å². The van der Waals surface area contributed by atoms with E-state index in [0.717, 1.165) is 87.1 Å². The Labute approximate surface area is 894 Å². The number of allylic oxidation sites excluding steroid dienone is 5. The first-order chi connectivity index (χ1) is 71.1. The first-order valence-corrected chi connectivity index (χ1v) is 52.5. The number of aliphatic imine (C=N–C) groups is 2. The maximum atomic E-state index is 12.9. The highest BCUT2D eigenvalue weighted by Gasteiger charge is 2.44. The van der Waals surface area contributed by atoms with E-state index in [2.05, 4.69) is 46.7 Å². The summed E-state index contributed by atoms with van der Waals surface area (Å²) in [7, 11) is -3.70. The van der Waals surface area contributed by atoms with Crippen LogP contribution in [0.5, 0.6) is 17.2 Å². The third-order valence-corrected chi connectivity index (χ3v) is 28.5. The summed E-state index contributed by atoms with van der Waals surface area (Å²) >= 11 is 26.5. The number of nitroso groups, excluding NO2 is 1. The minimum Gasteiger partial charge on any atom is -0.870 e. The number of nitro groups is 1. The number of non-ortho nitro benzene ring substituents is 1. The summed E-state index contributed by atoms with van der Waals surface area (Å²) in [5.74, 6) is -0.974. The number of fused-ring (bicyclic) bond motifs is 2. The van der Waals surface area contributed by atoms with Crippen molar-refractivity contribution in [2.24, 2.45) is 31.7 Å². The number of ether oxygens (including phenoxy) is 5. The van der Waals surface area contributed by atoms with E-state index in [1.807, 2.05) is 124 Å². The number of amides is 3. The van der Waals surface area contributed by atoms with Gasteiger partial charge in [-0.15, -0.1) is 34.0 Å². The molecule has 0 bridgehead atoms. The molecule has 0 saturated heterocycles. The summed E-state index contributed by atoms with van der Waals surface area (Å²) in [6.07, 6.45) is 17.0. The number of Topliss-reactive ketones (excluding diaryl/α,β-unsaturated/α-hetero) is 2. The molecule has 6 aliphatic rings. The van der Waals surface area contributed by atoms with Crippen molar-refractivity contribution in [3.63, 3.8) is 0 Å². The summed E-state index contributed by atoms with van der Waals surface area (Å²) < 4.78 is 50.3. The van der Waals surface area contributed by atoms with Gasteiger partial charge in [-0.2, -0.15) is 10.4 Å². The molecule has 12 aromatic rings. The number of thiophene rings is 3. The predicted molar refractivity (Wildman–Crippen MR) is 578 cm³/mol. The number of nitrogens with one attached hydrogen (secondary N) is 3. The van der Waals surface area contributed by atoms with Crippen molar-refractivity contribution >= 4 is 188 Å². The molecule has 772 valence electrons. The molecule has 3 aliphatic heterocycles. The van der Waals surface area contributed by atoms with Gasteiger partial charge in [-0.05, 0) is 235 Å². The fourth-order valence-electron chi connectivity index (χ4n) is 16.0. The summed E-state index contributed by atoms with van der Waals surface area (Å²) in [5.41, 5.74) is 25.9. The first-order valence-electron chi connectivity index (χ1n) is 46.5. The van der Waals surface area contributed by atoms with E-state index in [0.29, 0.717) is 133 Å². The van der Waals surface area contributed by atoms with E-state index in [1.165, 1.54) is 87.9 Å². The van der Waals surface area contributed by atoms with Crippen LogP contribution < -0.4 is 42.2 Å². The molecule has 0 fully saturated rings. The number of carbonyl (C=O) groups is 7. The zero-order valence-electron chi connectivity index (χ0n) is 81.2. The Morgan fingerprint density at radius 2 is 1.37 bits per heavy atom. The van der Waals surface area contributed by atoms with E-state index in [1.54, 1.807) is 132 Å². The smallest absolute Gasteiger partial charge is 0.341 e. The minimum atomic E-state index is -3.70. The number of hydrogen-bond donors (Lipinski definition) is 8. The molecule has 149 heavy (non-hydrogen) atoms. The lowest BCUT2D eigenvalue weighted by Gasteiger charge is -2.32. The molecule has 4 aromatic heterocycles. The number of ketones is 2. The van der Waals surface area contributed by atoms with Crippen LogP contribution in [0.4, 0.5) is 33.4 Å². The zero-order valence-corrected chi connectivity index (χ0v) is 88.3. The minimum absolute atomic E-state index is 0. The highest BCUT2D eigenvalue weighted by atomic mass is 79.9. The van der Waals surface area contributed by atoms with Crippen LogP contribution in [0.3, 0.4) is 0 Å². The Kier molecular flexibility index (Phi) is 41.9. The maximum absolute atomic E-state index is 12.9.